The molecule has 0 unspecified atom stereocenters. The van der Waals surface area contributed by atoms with Crippen molar-refractivity contribution in [3.8, 4) is 0 Å². The Kier molecular flexibility index (Phi) is 5.91. The van der Waals surface area contributed by atoms with Gasteiger partial charge in [-0.3, -0.25) is 9.59 Å². The summed E-state index contributed by atoms with van der Waals surface area (Å²) in [5.41, 5.74) is 2.04. The predicted molar refractivity (Wildman–Crippen MR) is 85.0 cm³/mol. The lowest BCUT2D eigenvalue weighted by atomic mass is 9.99. The van der Waals surface area contributed by atoms with Crippen LogP contribution in [0.25, 0.3) is 0 Å². The number of rotatable bonds is 7. The van der Waals surface area contributed by atoms with Crippen LogP contribution in [0.1, 0.15) is 22.3 Å². The molecule has 2 amide bonds. The average Bonchev–Trinajstić information content (AvgIpc) is 2.45. The van der Waals surface area contributed by atoms with Gasteiger partial charge in [0, 0.05) is 31.3 Å². The zero-order valence-electron chi connectivity index (χ0n) is 13.1. The fourth-order valence-corrected chi connectivity index (χ4v) is 2.34. The summed E-state index contributed by atoms with van der Waals surface area (Å²) < 4.78 is 4.91. The van der Waals surface area contributed by atoms with Crippen LogP contribution in [0.15, 0.2) is 18.2 Å². The van der Waals surface area contributed by atoms with Gasteiger partial charge in [-0.2, -0.15) is 0 Å². The fourth-order valence-electron chi connectivity index (χ4n) is 2.34. The van der Waals surface area contributed by atoms with E-state index in [1.165, 1.54) is 0 Å². The first-order valence-corrected chi connectivity index (χ1v) is 7.49. The number of anilines is 1. The summed E-state index contributed by atoms with van der Waals surface area (Å²) in [5.74, 6) is 0.251. The quantitative estimate of drug-likeness (QED) is 0.655. The minimum atomic E-state index is -0.158. The second kappa shape index (κ2) is 7.91. The molecular formula is C16H23N3O3. The molecule has 0 saturated carbocycles. The normalized spacial score (nSPS) is 14.3. The molecule has 2 rings (SSSR count). The number of methoxy groups -OCH3 is 1. The van der Waals surface area contributed by atoms with Gasteiger partial charge in [-0.05, 0) is 43.6 Å². The Morgan fingerprint density at radius 3 is 2.77 bits per heavy atom. The highest BCUT2D eigenvalue weighted by atomic mass is 16.5. The predicted octanol–water partition coefficient (Wildman–Crippen LogP) is 0.919. The van der Waals surface area contributed by atoms with Crippen molar-refractivity contribution in [1.82, 2.24) is 10.6 Å². The molecule has 0 radical (unpaired) electrons. The Morgan fingerprint density at radius 2 is 2.14 bits per heavy atom. The average molecular weight is 305 g/mol. The zero-order valence-corrected chi connectivity index (χ0v) is 13.1. The molecule has 1 aromatic rings. The highest BCUT2D eigenvalue weighted by Gasteiger charge is 2.20. The summed E-state index contributed by atoms with van der Waals surface area (Å²) in [5, 5.41) is 8.83. The largest absolute Gasteiger partial charge is 0.383 e. The Balaban J connectivity index is 1.98. The van der Waals surface area contributed by atoms with Gasteiger partial charge in [-0.1, -0.05) is 6.07 Å². The number of ether oxygens (including phenoxy) is 1. The van der Waals surface area contributed by atoms with Gasteiger partial charge in [0.25, 0.3) is 5.91 Å². The first-order valence-electron chi connectivity index (χ1n) is 7.49. The van der Waals surface area contributed by atoms with Gasteiger partial charge in [0.05, 0.1) is 6.61 Å². The lowest BCUT2D eigenvalue weighted by Gasteiger charge is -2.26. The van der Waals surface area contributed by atoms with Crippen molar-refractivity contribution in [3.63, 3.8) is 0 Å². The monoisotopic (exact) mass is 305 g/mol. The SMILES string of the molecule is COCCNC(=O)c1cccc(NC(=O)CC2CNC2)c1C. The number of amides is 2. The third-order valence-corrected chi connectivity index (χ3v) is 3.78. The Hall–Kier alpha value is -1.92. The molecule has 1 aliphatic heterocycles. The summed E-state index contributed by atoms with van der Waals surface area (Å²) in [7, 11) is 1.59. The number of carbonyl (C=O) groups is 2. The van der Waals surface area contributed by atoms with E-state index in [-0.39, 0.29) is 11.8 Å². The molecule has 0 spiro atoms. The molecule has 1 fully saturated rings. The van der Waals surface area contributed by atoms with Crippen LogP contribution in [0.2, 0.25) is 0 Å². The third kappa shape index (κ3) is 4.29. The molecule has 0 atom stereocenters. The molecule has 0 bridgehead atoms. The third-order valence-electron chi connectivity index (χ3n) is 3.78. The maximum absolute atomic E-state index is 12.1. The molecule has 0 aliphatic carbocycles. The van der Waals surface area contributed by atoms with E-state index in [0.29, 0.717) is 36.7 Å². The van der Waals surface area contributed by atoms with Crippen LogP contribution in [-0.4, -0.2) is 45.2 Å². The van der Waals surface area contributed by atoms with E-state index in [2.05, 4.69) is 16.0 Å². The maximum Gasteiger partial charge on any atom is 0.251 e. The van der Waals surface area contributed by atoms with E-state index < -0.39 is 0 Å². The standard InChI is InChI=1S/C16H23N3O3/c1-11-13(16(21)18-6-7-22-2)4-3-5-14(11)19-15(20)8-12-9-17-10-12/h3-5,12,17H,6-10H2,1-2H3,(H,18,21)(H,19,20). The lowest BCUT2D eigenvalue weighted by Crippen LogP contribution is -2.43. The van der Waals surface area contributed by atoms with Gasteiger partial charge in [0.15, 0.2) is 0 Å². The second-order valence-electron chi connectivity index (χ2n) is 5.50. The minimum Gasteiger partial charge on any atom is -0.383 e. The van der Waals surface area contributed by atoms with Crippen molar-refractivity contribution in [2.24, 2.45) is 5.92 Å². The molecule has 22 heavy (non-hydrogen) atoms. The van der Waals surface area contributed by atoms with Crippen LogP contribution in [0.4, 0.5) is 5.69 Å². The number of nitrogens with one attached hydrogen (secondary N) is 3. The number of hydrogen-bond acceptors (Lipinski definition) is 4. The number of benzene rings is 1. The molecule has 6 nitrogen and oxygen atoms in total. The van der Waals surface area contributed by atoms with Crippen molar-refractivity contribution in [1.29, 1.82) is 0 Å². The zero-order chi connectivity index (χ0) is 15.9. The van der Waals surface area contributed by atoms with Crippen LogP contribution >= 0.6 is 0 Å². The highest BCUT2D eigenvalue weighted by molar-refractivity contribution is 5.99. The molecule has 1 aromatic carbocycles. The lowest BCUT2D eigenvalue weighted by molar-refractivity contribution is -0.117. The van der Waals surface area contributed by atoms with E-state index in [0.717, 1.165) is 18.7 Å². The van der Waals surface area contributed by atoms with Crippen molar-refractivity contribution in [2.45, 2.75) is 13.3 Å². The van der Waals surface area contributed by atoms with E-state index in [1.54, 1.807) is 19.2 Å². The van der Waals surface area contributed by atoms with Gasteiger partial charge < -0.3 is 20.7 Å². The fraction of sp³-hybridized carbons (Fsp3) is 0.500. The van der Waals surface area contributed by atoms with Crippen molar-refractivity contribution < 1.29 is 14.3 Å². The highest BCUT2D eigenvalue weighted by Crippen LogP contribution is 2.20. The molecule has 1 saturated heterocycles. The van der Waals surface area contributed by atoms with E-state index >= 15 is 0 Å². The van der Waals surface area contributed by atoms with Crippen molar-refractivity contribution >= 4 is 17.5 Å². The first kappa shape index (κ1) is 16.5. The van der Waals surface area contributed by atoms with Crippen molar-refractivity contribution in [2.75, 3.05) is 38.7 Å². The first-order chi connectivity index (χ1) is 10.6. The van der Waals surface area contributed by atoms with Crippen LogP contribution < -0.4 is 16.0 Å². The number of hydrogen-bond donors (Lipinski definition) is 3. The summed E-state index contributed by atoms with van der Waals surface area (Å²) in [4.78, 5) is 24.1. The van der Waals surface area contributed by atoms with E-state index in [1.807, 2.05) is 13.0 Å². The second-order valence-corrected chi connectivity index (χ2v) is 5.50. The Morgan fingerprint density at radius 1 is 1.36 bits per heavy atom. The smallest absolute Gasteiger partial charge is 0.251 e. The summed E-state index contributed by atoms with van der Waals surface area (Å²) in [6.45, 7) is 4.56. The maximum atomic E-state index is 12.1. The van der Waals surface area contributed by atoms with Gasteiger partial charge >= 0.3 is 0 Å². The van der Waals surface area contributed by atoms with Crippen LogP contribution in [0.3, 0.4) is 0 Å². The minimum absolute atomic E-state index is 0.00783. The van der Waals surface area contributed by atoms with Crippen LogP contribution in [-0.2, 0) is 9.53 Å². The molecule has 1 heterocycles. The van der Waals surface area contributed by atoms with Gasteiger partial charge in [-0.15, -0.1) is 0 Å². The summed E-state index contributed by atoms with van der Waals surface area (Å²) >= 11 is 0. The number of carbonyl (C=O) groups excluding carboxylic acids is 2. The summed E-state index contributed by atoms with van der Waals surface area (Å²) in [6, 6.07) is 5.35. The molecule has 120 valence electrons. The van der Waals surface area contributed by atoms with Gasteiger partial charge in [-0.25, -0.2) is 0 Å². The van der Waals surface area contributed by atoms with Crippen LogP contribution in [0, 0.1) is 12.8 Å². The molecule has 1 aliphatic rings. The van der Waals surface area contributed by atoms with E-state index in [4.69, 9.17) is 4.74 Å². The molecule has 6 heteroatoms. The molecule has 0 aromatic heterocycles. The Labute approximate surface area is 130 Å². The topological polar surface area (TPSA) is 79.5 Å². The van der Waals surface area contributed by atoms with Crippen LogP contribution in [0.5, 0.6) is 0 Å². The molecule has 3 N–H and O–H groups in total. The molecular weight excluding hydrogens is 282 g/mol. The van der Waals surface area contributed by atoms with E-state index in [9.17, 15) is 9.59 Å². The summed E-state index contributed by atoms with van der Waals surface area (Å²) in [6.07, 6.45) is 0.511. The van der Waals surface area contributed by atoms with Gasteiger partial charge in [0.2, 0.25) is 5.91 Å². The van der Waals surface area contributed by atoms with Gasteiger partial charge in [0.1, 0.15) is 0 Å². The van der Waals surface area contributed by atoms with Crippen molar-refractivity contribution in [3.05, 3.63) is 29.3 Å². The Bertz CT molecular complexity index is 541.